The second kappa shape index (κ2) is 7.81. The molecular formula is C21H17Cl2N3O4. The van der Waals surface area contributed by atoms with Gasteiger partial charge in [0.2, 0.25) is 18.5 Å². The molecule has 1 fully saturated rings. The number of likely N-dealkylation sites (tertiary alicyclic amines) is 1. The first-order valence-corrected chi connectivity index (χ1v) is 10.3. The van der Waals surface area contributed by atoms with Crippen molar-refractivity contribution in [1.29, 1.82) is 0 Å². The van der Waals surface area contributed by atoms with Gasteiger partial charge in [-0.2, -0.15) is 4.98 Å². The molecule has 0 saturated carbocycles. The molecule has 1 aromatic heterocycles. The van der Waals surface area contributed by atoms with Gasteiger partial charge in [0.25, 0.3) is 5.91 Å². The van der Waals surface area contributed by atoms with Crippen LogP contribution in [-0.2, 0) is 0 Å². The van der Waals surface area contributed by atoms with Crippen molar-refractivity contribution in [2.24, 2.45) is 0 Å². The molecule has 0 bridgehead atoms. The van der Waals surface area contributed by atoms with E-state index in [0.717, 1.165) is 18.4 Å². The molecule has 1 saturated heterocycles. The number of carbonyl (C=O) groups is 1. The lowest BCUT2D eigenvalue weighted by molar-refractivity contribution is 0.0704. The van der Waals surface area contributed by atoms with Gasteiger partial charge in [-0.1, -0.05) is 28.4 Å². The highest BCUT2D eigenvalue weighted by Gasteiger charge is 2.28. The molecule has 0 atom stereocenters. The summed E-state index contributed by atoms with van der Waals surface area (Å²) >= 11 is 12.0. The number of nitrogens with zero attached hydrogens (tertiary/aromatic N) is 3. The van der Waals surface area contributed by atoms with Crippen LogP contribution in [-0.4, -0.2) is 40.8 Å². The highest BCUT2D eigenvalue weighted by molar-refractivity contribution is 6.35. The number of carbonyl (C=O) groups excluding carboxylic acids is 1. The molecular weight excluding hydrogens is 429 g/mol. The lowest BCUT2D eigenvalue weighted by Crippen LogP contribution is -2.38. The van der Waals surface area contributed by atoms with Crippen molar-refractivity contribution in [1.82, 2.24) is 15.0 Å². The molecule has 0 N–H and O–H groups in total. The fourth-order valence-corrected chi connectivity index (χ4v) is 4.27. The molecule has 30 heavy (non-hydrogen) atoms. The van der Waals surface area contributed by atoms with E-state index < -0.39 is 0 Å². The molecule has 154 valence electrons. The van der Waals surface area contributed by atoms with Gasteiger partial charge in [-0.05, 0) is 49.2 Å². The summed E-state index contributed by atoms with van der Waals surface area (Å²) in [5.74, 6) is 2.50. The molecule has 2 aliphatic heterocycles. The van der Waals surface area contributed by atoms with E-state index in [2.05, 4.69) is 10.1 Å². The van der Waals surface area contributed by atoms with Crippen molar-refractivity contribution in [3.05, 3.63) is 57.9 Å². The summed E-state index contributed by atoms with van der Waals surface area (Å²) in [5, 5.41) is 5.01. The van der Waals surface area contributed by atoms with E-state index in [0.29, 0.717) is 51.9 Å². The normalized spacial score (nSPS) is 16.1. The van der Waals surface area contributed by atoms with Crippen LogP contribution in [0.5, 0.6) is 11.5 Å². The Labute approximate surface area is 182 Å². The van der Waals surface area contributed by atoms with Gasteiger partial charge < -0.3 is 18.9 Å². The molecule has 0 radical (unpaired) electrons. The predicted molar refractivity (Wildman–Crippen MR) is 110 cm³/mol. The second-order valence-corrected chi connectivity index (χ2v) is 8.12. The quantitative estimate of drug-likeness (QED) is 0.576. The number of ether oxygens (including phenoxy) is 2. The monoisotopic (exact) mass is 445 g/mol. The largest absolute Gasteiger partial charge is 0.454 e. The van der Waals surface area contributed by atoms with E-state index in [1.165, 1.54) is 0 Å². The van der Waals surface area contributed by atoms with Crippen LogP contribution in [0.25, 0.3) is 11.4 Å². The molecule has 9 heteroatoms. The highest BCUT2D eigenvalue weighted by Crippen LogP contribution is 2.36. The van der Waals surface area contributed by atoms with E-state index in [-0.39, 0.29) is 18.6 Å². The maximum absolute atomic E-state index is 12.8. The van der Waals surface area contributed by atoms with E-state index >= 15 is 0 Å². The predicted octanol–water partition coefficient (Wildman–Crippen LogP) is 4.79. The zero-order chi connectivity index (χ0) is 20.7. The van der Waals surface area contributed by atoms with Crippen LogP contribution in [0.15, 0.2) is 40.9 Å². The van der Waals surface area contributed by atoms with Crippen LogP contribution in [0.4, 0.5) is 0 Å². The van der Waals surface area contributed by atoms with Gasteiger partial charge in [0.05, 0.1) is 0 Å². The van der Waals surface area contributed by atoms with Gasteiger partial charge in [0.15, 0.2) is 11.5 Å². The zero-order valence-electron chi connectivity index (χ0n) is 15.8. The lowest BCUT2D eigenvalue weighted by Gasteiger charge is -2.30. The Kier molecular flexibility index (Phi) is 5.00. The van der Waals surface area contributed by atoms with E-state index in [4.69, 9.17) is 37.2 Å². The molecule has 3 aromatic rings. The number of hydrogen-bond acceptors (Lipinski definition) is 6. The van der Waals surface area contributed by atoms with Crippen LogP contribution < -0.4 is 9.47 Å². The van der Waals surface area contributed by atoms with Gasteiger partial charge in [0, 0.05) is 40.2 Å². The molecule has 5 rings (SSSR count). The Morgan fingerprint density at radius 1 is 1.00 bits per heavy atom. The smallest absolute Gasteiger partial charge is 0.253 e. The number of rotatable bonds is 3. The Bertz CT molecular complexity index is 1090. The van der Waals surface area contributed by atoms with Crippen LogP contribution in [0.2, 0.25) is 10.0 Å². The van der Waals surface area contributed by atoms with Crippen LogP contribution in [0.3, 0.4) is 0 Å². The minimum absolute atomic E-state index is 0.0792. The summed E-state index contributed by atoms with van der Waals surface area (Å²) in [6.45, 7) is 1.40. The molecule has 2 aliphatic rings. The fraction of sp³-hybridized carbons (Fsp3) is 0.286. The highest BCUT2D eigenvalue weighted by atomic mass is 35.5. The number of halogens is 2. The second-order valence-electron chi connectivity index (χ2n) is 7.25. The minimum Gasteiger partial charge on any atom is -0.454 e. The average molecular weight is 446 g/mol. The molecule has 1 amide bonds. The van der Waals surface area contributed by atoms with Crippen molar-refractivity contribution in [3.8, 4) is 22.9 Å². The first-order valence-electron chi connectivity index (χ1n) is 9.56. The Balaban J connectivity index is 1.25. The van der Waals surface area contributed by atoms with Gasteiger partial charge in [0.1, 0.15) is 0 Å². The van der Waals surface area contributed by atoms with Gasteiger partial charge >= 0.3 is 0 Å². The van der Waals surface area contributed by atoms with E-state index in [1.807, 2.05) is 18.2 Å². The maximum Gasteiger partial charge on any atom is 0.253 e. The topological polar surface area (TPSA) is 77.7 Å². The Morgan fingerprint density at radius 2 is 1.73 bits per heavy atom. The standard InChI is InChI=1S/C21H17Cl2N3O4/c22-15-7-14(8-16(23)10-15)21(27)26-5-3-12(4-6-26)20-24-19(25-30-20)13-1-2-17-18(9-13)29-11-28-17/h1-2,7-10,12H,3-6,11H2. The average Bonchev–Trinajstić information content (AvgIpc) is 3.41. The number of aromatic nitrogens is 2. The van der Waals surface area contributed by atoms with Crippen molar-refractivity contribution in [3.63, 3.8) is 0 Å². The number of benzene rings is 2. The van der Waals surface area contributed by atoms with Crippen molar-refractivity contribution in [2.75, 3.05) is 19.9 Å². The summed E-state index contributed by atoms with van der Waals surface area (Å²) in [6, 6.07) is 10.4. The van der Waals surface area contributed by atoms with Gasteiger partial charge in [-0.3, -0.25) is 4.79 Å². The summed E-state index contributed by atoms with van der Waals surface area (Å²) in [7, 11) is 0. The van der Waals surface area contributed by atoms with E-state index in [9.17, 15) is 4.79 Å². The summed E-state index contributed by atoms with van der Waals surface area (Å²) in [5.41, 5.74) is 1.30. The van der Waals surface area contributed by atoms with Crippen molar-refractivity contribution in [2.45, 2.75) is 18.8 Å². The first kappa shape index (κ1) is 19.2. The van der Waals surface area contributed by atoms with Crippen LogP contribution in [0.1, 0.15) is 35.0 Å². The molecule has 0 unspecified atom stereocenters. The first-order chi connectivity index (χ1) is 14.6. The number of amides is 1. The van der Waals surface area contributed by atoms with Crippen molar-refractivity contribution < 1.29 is 18.8 Å². The molecule has 7 nitrogen and oxygen atoms in total. The lowest BCUT2D eigenvalue weighted by atomic mass is 9.96. The Hall–Kier alpha value is -2.77. The van der Waals surface area contributed by atoms with Gasteiger partial charge in [-0.15, -0.1) is 0 Å². The van der Waals surface area contributed by atoms with Crippen molar-refractivity contribution >= 4 is 29.1 Å². The van der Waals surface area contributed by atoms with Gasteiger partial charge in [-0.25, -0.2) is 0 Å². The molecule has 0 aliphatic carbocycles. The fourth-order valence-electron chi connectivity index (χ4n) is 3.74. The number of hydrogen-bond donors (Lipinski definition) is 0. The summed E-state index contributed by atoms with van der Waals surface area (Å²) < 4.78 is 16.3. The summed E-state index contributed by atoms with van der Waals surface area (Å²) in [4.78, 5) is 19.1. The minimum atomic E-state index is -0.0792. The molecule has 2 aromatic carbocycles. The van der Waals surface area contributed by atoms with Crippen LogP contribution >= 0.6 is 23.2 Å². The third kappa shape index (κ3) is 3.70. The van der Waals surface area contributed by atoms with Crippen LogP contribution in [0, 0.1) is 0 Å². The maximum atomic E-state index is 12.8. The zero-order valence-corrected chi connectivity index (χ0v) is 17.3. The molecule has 3 heterocycles. The third-order valence-corrected chi connectivity index (χ3v) is 5.75. The number of fused-ring (bicyclic) bond motifs is 1. The summed E-state index contributed by atoms with van der Waals surface area (Å²) in [6.07, 6.45) is 1.48. The number of piperidine rings is 1. The van der Waals surface area contributed by atoms with E-state index in [1.54, 1.807) is 23.1 Å². The molecule has 0 spiro atoms. The SMILES string of the molecule is O=C(c1cc(Cl)cc(Cl)c1)N1CCC(c2nc(-c3ccc4c(c3)OCO4)no2)CC1. The third-order valence-electron chi connectivity index (χ3n) is 5.31. The Morgan fingerprint density at radius 3 is 2.50 bits per heavy atom.